The largest absolute Gasteiger partial charge is 0.352 e. The molecule has 4 nitrogen and oxygen atoms in total. The summed E-state index contributed by atoms with van der Waals surface area (Å²) >= 11 is 0. The molecule has 27 heavy (non-hydrogen) atoms. The number of nitrogens with one attached hydrogen (secondary N) is 1. The second kappa shape index (κ2) is 7.91. The van der Waals surface area contributed by atoms with Crippen molar-refractivity contribution >= 4 is 11.8 Å². The lowest BCUT2D eigenvalue weighted by molar-refractivity contribution is -0.145. The molecule has 0 aromatic heterocycles. The Labute approximate surface area is 159 Å². The van der Waals surface area contributed by atoms with E-state index < -0.39 is 6.04 Å². The normalized spacial score (nSPS) is 18.3. The maximum Gasteiger partial charge on any atom is 0.247 e. The molecule has 2 aromatic carbocycles. The van der Waals surface area contributed by atoms with Gasteiger partial charge in [0.1, 0.15) is 11.9 Å². The van der Waals surface area contributed by atoms with E-state index in [0.29, 0.717) is 18.7 Å². The number of amides is 2. The second-order valence-corrected chi connectivity index (χ2v) is 7.41. The Balaban J connectivity index is 1.96. The molecule has 1 saturated heterocycles. The van der Waals surface area contributed by atoms with Gasteiger partial charge < -0.3 is 10.2 Å². The molecular weight excluding hydrogens is 343 g/mol. The van der Waals surface area contributed by atoms with Crippen LogP contribution in [0.15, 0.2) is 48.5 Å². The first-order chi connectivity index (χ1) is 12.9. The summed E-state index contributed by atoms with van der Waals surface area (Å²) in [6.45, 7) is 6.89. The fourth-order valence-corrected chi connectivity index (χ4v) is 3.65. The van der Waals surface area contributed by atoms with E-state index in [0.717, 1.165) is 11.1 Å². The lowest BCUT2D eigenvalue weighted by Crippen LogP contribution is -2.53. The van der Waals surface area contributed by atoms with Gasteiger partial charge >= 0.3 is 0 Å². The Morgan fingerprint density at radius 2 is 1.74 bits per heavy atom. The number of nitrogens with zero attached hydrogens (tertiary/aromatic N) is 1. The van der Waals surface area contributed by atoms with Gasteiger partial charge in [-0.3, -0.25) is 9.59 Å². The van der Waals surface area contributed by atoms with Gasteiger partial charge in [0.2, 0.25) is 11.8 Å². The SMILES string of the molecule is Cc1ccc(C(C(=O)N2CCNC(=O)C2c2ccc(F)cc2)C(C)C)cc1. The van der Waals surface area contributed by atoms with Gasteiger partial charge in [-0.25, -0.2) is 4.39 Å². The summed E-state index contributed by atoms with van der Waals surface area (Å²) in [6, 6.07) is 13.0. The average molecular weight is 368 g/mol. The highest BCUT2D eigenvalue weighted by molar-refractivity contribution is 5.92. The molecule has 1 fully saturated rings. The van der Waals surface area contributed by atoms with Crippen molar-refractivity contribution in [1.82, 2.24) is 10.2 Å². The van der Waals surface area contributed by atoms with Gasteiger partial charge in [0.05, 0.1) is 5.92 Å². The standard InChI is InChI=1S/C22H25FN2O2/c1-14(2)19(16-6-4-15(3)5-7-16)22(27)25-13-12-24-21(26)20(25)17-8-10-18(23)11-9-17/h4-11,14,19-20H,12-13H2,1-3H3,(H,24,26). The molecule has 2 amide bonds. The number of halogens is 1. The molecule has 142 valence electrons. The second-order valence-electron chi connectivity index (χ2n) is 7.41. The highest BCUT2D eigenvalue weighted by Gasteiger charge is 2.38. The molecule has 0 bridgehead atoms. The van der Waals surface area contributed by atoms with Gasteiger partial charge in [-0.1, -0.05) is 55.8 Å². The van der Waals surface area contributed by atoms with E-state index in [-0.39, 0.29) is 29.5 Å². The van der Waals surface area contributed by atoms with Gasteiger partial charge in [-0.05, 0) is 36.1 Å². The van der Waals surface area contributed by atoms with Crippen LogP contribution in [0.1, 0.15) is 42.5 Å². The topological polar surface area (TPSA) is 49.4 Å². The molecule has 1 heterocycles. The molecule has 2 atom stereocenters. The van der Waals surface area contributed by atoms with E-state index in [2.05, 4.69) is 5.32 Å². The number of carbonyl (C=O) groups is 2. The number of aryl methyl sites for hydroxylation is 1. The maximum absolute atomic E-state index is 13.5. The summed E-state index contributed by atoms with van der Waals surface area (Å²) in [5.41, 5.74) is 2.70. The molecule has 5 heteroatoms. The molecule has 2 aromatic rings. The summed E-state index contributed by atoms with van der Waals surface area (Å²) < 4.78 is 13.3. The lowest BCUT2D eigenvalue weighted by Gasteiger charge is -2.38. The Kier molecular flexibility index (Phi) is 5.59. The lowest BCUT2D eigenvalue weighted by atomic mass is 9.85. The van der Waals surface area contributed by atoms with Crippen LogP contribution in [-0.2, 0) is 9.59 Å². The Morgan fingerprint density at radius 3 is 2.33 bits per heavy atom. The van der Waals surface area contributed by atoms with Crippen LogP contribution in [-0.4, -0.2) is 29.8 Å². The van der Waals surface area contributed by atoms with Crippen molar-refractivity contribution in [2.24, 2.45) is 5.92 Å². The third-order valence-electron chi connectivity index (χ3n) is 5.05. The number of rotatable bonds is 4. The van der Waals surface area contributed by atoms with Crippen molar-refractivity contribution in [2.75, 3.05) is 13.1 Å². The number of benzene rings is 2. The summed E-state index contributed by atoms with van der Waals surface area (Å²) in [5, 5.41) is 2.82. The van der Waals surface area contributed by atoms with Gasteiger partial charge in [-0.2, -0.15) is 0 Å². The molecule has 1 aliphatic rings. The first-order valence-electron chi connectivity index (χ1n) is 9.28. The fourth-order valence-electron chi connectivity index (χ4n) is 3.65. The van der Waals surface area contributed by atoms with Crippen LogP contribution >= 0.6 is 0 Å². The van der Waals surface area contributed by atoms with Crippen LogP contribution < -0.4 is 5.32 Å². The minimum absolute atomic E-state index is 0.0713. The van der Waals surface area contributed by atoms with Crippen LogP contribution in [0.3, 0.4) is 0 Å². The summed E-state index contributed by atoms with van der Waals surface area (Å²) in [7, 11) is 0. The van der Waals surface area contributed by atoms with Crippen molar-refractivity contribution in [3.8, 4) is 0 Å². The first kappa shape index (κ1) is 19.1. The smallest absolute Gasteiger partial charge is 0.247 e. The molecule has 0 aliphatic carbocycles. The minimum Gasteiger partial charge on any atom is -0.352 e. The van der Waals surface area contributed by atoms with E-state index in [1.54, 1.807) is 17.0 Å². The monoisotopic (exact) mass is 368 g/mol. The fraction of sp³-hybridized carbons (Fsp3) is 0.364. The summed E-state index contributed by atoms with van der Waals surface area (Å²) in [5.74, 6) is -0.920. The molecule has 0 spiro atoms. The number of hydrogen-bond donors (Lipinski definition) is 1. The van der Waals surface area contributed by atoms with Crippen LogP contribution in [0.2, 0.25) is 0 Å². The van der Waals surface area contributed by atoms with E-state index >= 15 is 0 Å². The van der Waals surface area contributed by atoms with Gasteiger partial charge in [0, 0.05) is 13.1 Å². The van der Waals surface area contributed by atoms with Crippen molar-refractivity contribution in [3.05, 3.63) is 71.0 Å². The van der Waals surface area contributed by atoms with Crippen molar-refractivity contribution < 1.29 is 14.0 Å². The third kappa shape index (κ3) is 4.02. The zero-order valence-electron chi connectivity index (χ0n) is 15.9. The highest BCUT2D eigenvalue weighted by Crippen LogP contribution is 2.32. The Bertz CT molecular complexity index is 815. The Morgan fingerprint density at radius 1 is 1.11 bits per heavy atom. The van der Waals surface area contributed by atoms with Crippen LogP contribution in [0.25, 0.3) is 0 Å². The zero-order valence-corrected chi connectivity index (χ0v) is 15.9. The summed E-state index contributed by atoms with van der Waals surface area (Å²) in [6.07, 6.45) is 0. The van der Waals surface area contributed by atoms with Crippen LogP contribution in [0.4, 0.5) is 4.39 Å². The molecular formula is C22H25FN2O2. The molecule has 3 rings (SSSR count). The summed E-state index contributed by atoms with van der Waals surface area (Å²) in [4.78, 5) is 27.7. The van der Waals surface area contributed by atoms with Gasteiger partial charge in [0.15, 0.2) is 0 Å². The third-order valence-corrected chi connectivity index (χ3v) is 5.05. The maximum atomic E-state index is 13.5. The molecule has 1 N–H and O–H groups in total. The van der Waals surface area contributed by atoms with Crippen molar-refractivity contribution in [1.29, 1.82) is 0 Å². The Hall–Kier alpha value is -2.69. The van der Waals surface area contributed by atoms with Gasteiger partial charge in [0.25, 0.3) is 0 Å². The quantitative estimate of drug-likeness (QED) is 0.897. The highest BCUT2D eigenvalue weighted by atomic mass is 19.1. The van der Waals surface area contributed by atoms with Crippen molar-refractivity contribution in [2.45, 2.75) is 32.7 Å². The van der Waals surface area contributed by atoms with Crippen LogP contribution in [0, 0.1) is 18.7 Å². The van der Waals surface area contributed by atoms with E-state index in [1.165, 1.54) is 12.1 Å². The predicted molar refractivity (Wildman–Crippen MR) is 103 cm³/mol. The van der Waals surface area contributed by atoms with Gasteiger partial charge in [-0.15, -0.1) is 0 Å². The molecule has 0 saturated carbocycles. The number of carbonyl (C=O) groups excluding carboxylic acids is 2. The molecule has 0 radical (unpaired) electrons. The number of hydrogen-bond acceptors (Lipinski definition) is 2. The zero-order chi connectivity index (χ0) is 19.6. The van der Waals surface area contributed by atoms with E-state index in [9.17, 15) is 14.0 Å². The van der Waals surface area contributed by atoms with E-state index in [1.807, 2.05) is 45.0 Å². The number of piperazine rings is 1. The molecule has 1 aliphatic heterocycles. The van der Waals surface area contributed by atoms with E-state index in [4.69, 9.17) is 0 Å². The first-order valence-corrected chi connectivity index (χ1v) is 9.28. The average Bonchev–Trinajstić information content (AvgIpc) is 2.64. The predicted octanol–water partition coefficient (Wildman–Crippen LogP) is 3.57. The van der Waals surface area contributed by atoms with Crippen molar-refractivity contribution in [3.63, 3.8) is 0 Å². The van der Waals surface area contributed by atoms with Crippen LogP contribution in [0.5, 0.6) is 0 Å². The minimum atomic E-state index is -0.737. The molecule has 2 unspecified atom stereocenters.